The molecule has 3 N–H and O–H groups in total. The Bertz CT molecular complexity index is 1390. The molecule has 1 amide bonds. The molecule has 8 nitrogen and oxygen atoms in total. The van der Waals surface area contributed by atoms with Crippen molar-refractivity contribution in [1.82, 2.24) is 24.5 Å². The van der Waals surface area contributed by atoms with E-state index >= 15 is 0 Å². The fraction of sp³-hybridized carbons (Fsp3) is 0.520. The Hall–Kier alpha value is -3.37. The average Bonchev–Trinajstić information content (AvgIpc) is 3.53. The first-order chi connectivity index (χ1) is 16.9. The van der Waals surface area contributed by atoms with E-state index in [1.54, 1.807) is 6.92 Å². The molecule has 3 aliphatic carbocycles. The summed E-state index contributed by atoms with van der Waals surface area (Å²) in [5, 5.41) is 11.6. The number of benzene rings is 1. The van der Waals surface area contributed by atoms with Crippen LogP contribution in [0.2, 0.25) is 0 Å². The Morgan fingerprint density at radius 3 is 2.61 bits per heavy atom. The number of anilines is 2. The quantitative estimate of drug-likeness (QED) is 0.513. The molecule has 2 atom stereocenters. The first kappa shape index (κ1) is 23.1. The number of carbonyl (C=O) groups is 1. The van der Waals surface area contributed by atoms with Gasteiger partial charge in [0.15, 0.2) is 0 Å². The van der Waals surface area contributed by atoms with Crippen LogP contribution in [0.3, 0.4) is 0 Å². The zero-order chi connectivity index (χ0) is 25.6. The number of hydrogen-bond donors (Lipinski definition) is 2. The van der Waals surface area contributed by atoms with E-state index in [0.717, 1.165) is 42.7 Å². The predicted octanol–water partition coefficient (Wildman–Crippen LogP) is 4.49. The summed E-state index contributed by atoms with van der Waals surface area (Å²) in [5.74, 6) is 2.23. The van der Waals surface area contributed by atoms with Crippen LogP contribution in [-0.2, 0) is 24.1 Å². The lowest BCUT2D eigenvalue weighted by Crippen LogP contribution is -2.34. The summed E-state index contributed by atoms with van der Waals surface area (Å²) in [6.07, 6.45) is -1.34. The topological polar surface area (TPSA) is 101 Å². The van der Waals surface area contributed by atoms with Gasteiger partial charge in [0.1, 0.15) is 11.6 Å². The maximum atomic E-state index is 13.5. The first-order valence-electron chi connectivity index (χ1n) is 12.2. The van der Waals surface area contributed by atoms with Crippen molar-refractivity contribution in [3.8, 4) is 0 Å². The highest BCUT2D eigenvalue weighted by Crippen LogP contribution is 2.62. The van der Waals surface area contributed by atoms with Crippen LogP contribution in [0.4, 0.5) is 24.7 Å². The minimum Gasteiger partial charge on any atom is -0.399 e. The molecule has 0 radical (unpaired) electrons. The van der Waals surface area contributed by atoms with Gasteiger partial charge in [0.25, 0.3) is 5.78 Å². The fourth-order valence-electron chi connectivity index (χ4n) is 6.47. The van der Waals surface area contributed by atoms with E-state index in [0.29, 0.717) is 47.4 Å². The number of alkyl halides is 3. The van der Waals surface area contributed by atoms with Crippen molar-refractivity contribution in [2.24, 2.45) is 17.3 Å². The van der Waals surface area contributed by atoms with Crippen LogP contribution in [-0.4, -0.2) is 30.4 Å². The molecule has 1 unspecified atom stereocenters. The van der Waals surface area contributed by atoms with Crippen LogP contribution in [0.5, 0.6) is 0 Å². The van der Waals surface area contributed by atoms with E-state index in [9.17, 15) is 18.0 Å². The van der Waals surface area contributed by atoms with Crippen molar-refractivity contribution in [2.75, 3.05) is 11.1 Å². The van der Waals surface area contributed by atoms with E-state index in [2.05, 4.69) is 27.4 Å². The van der Waals surface area contributed by atoms with Gasteiger partial charge in [-0.15, -0.1) is 10.2 Å². The highest BCUT2D eigenvalue weighted by atomic mass is 19.4. The lowest BCUT2D eigenvalue weighted by Gasteiger charge is -2.34. The minimum absolute atomic E-state index is 0.0376. The van der Waals surface area contributed by atoms with E-state index in [4.69, 9.17) is 5.73 Å². The largest absolute Gasteiger partial charge is 0.416 e. The second-order valence-electron chi connectivity index (χ2n) is 11.0. The number of halogens is 3. The molecule has 4 aliphatic rings. The predicted molar refractivity (Wildman–Crippen MR) is 127 cm³/mol. The Morgan fingerprint density at radius 1 is 1.19 bits per heavy atom. The Labute approximate surface area is 206 Å². The van der Waals surface area contributed by atoms with E-state index < -0.39 is 17.8 Å². The molecule has 3 saturated carbocycles. The molecule has 3 heterocycles. The minimum atomic E-state index is -4.50. The number of amides is 1. The Morgan fingerprint density at radius 2 is 1.94 bits per heavy atom. The molecule has 190 valence electrons. The van der Waals surface area contributed by atoms with Crippen molar-refractivity contribution in [2.45, 2.75) is 65.3 Å². The monoisotopic (exact) mass is 499 g/mol. The number of nitrogens with zero attached hydrogens (tertiary/aromatic N) is 5. The first-order valence-corrected chi connectivity index (χ1v) is 12.2. The second kappa shape index (κ2) is 7.57. The lowest BCUT2D eigenvalue weighted by atomic mass is 9.71. The summed E-state index contributed by atoms with van der Waals surface area (Å²) >= 11 is 0. The van der Waals surface area contributed by atoms with Gasteiger partial charge in [-0.1, -0.05) is 6.92 Å². The number of hydrogen-bond acceptors (Lipinski definition) is 6. The maximum absolute atomic E-state index is 13.5. The van der Waals surface area contributed by atoms with Crippen LogP contribution in [0.15, 0.2) is 18.2 Å². The van der Waals surface area contributed by atoms with Gasteiger partial charge >= 0.3 is 6.18 Å². The average molecular weight is 500 g/mol. The number of nitrogens with two attached hydrogens (primary N) is 1. The smallest absolute Gasteiger partial charge is 0.399 e. The van der Waals surface area contributed by atoms with Crippen molar-refractivity contribution in [1.29, 1.82) is 0 Å². The molecule has 0 spiro atoms. The summed E-state index contributed by atoms with van der Waals surface area (Å²) in [5.41, 5.74) is 7.42. The van der Waals surface area contributed by atoms with Gasteiger partial charge < -0.3 is 16.0 Å². The molecule has 3 fully saturated rings. The molecule has 36 heavy (non-hydrogen) atoms. The molecule has 11 heteroatoms. The highest BCUT2D eigenvalue weighted by molar-refractivity contribution is 5.81. The van der Waals surface area contributed by atoms with E-state index in [1.165, 1.54) is 6.07 Å². The standard InChI is InChI=1S/C25H28F3N7O/c1-12(14-4-16(25(26,27)28)6-17(29)5-14)30-21-19-10-34(22(36)18-9-24(3)7-15(18)8-24)11-20(19)35-13(2)32-33-23(35)31-21/h4-6,12,15,18H,7-11,29H2,1-3H3,(H,30,31,33)/t12-,15?,18?,24?/m1/s1. The van der Waals surface area contributed by atoms with Crippen molar-refractivity contribution < 1.29 is 18.0 Å². The van der Waals surface area contributed by atoms with Crippen molar-refractivity contribution in [3.63, 3.8) is 0 Å². The molecular weight excluding hydrogens is 471 g/mol. The number of aromatic nitrogens is 4. The normalized spacial score (nSPS) is 25.7. The Kier molecular flexibility index (Phi) is 4.84. The molecule has 0 saturated heterocycles. The zero-order valence-corrected chi connectivity index (χ0v) is 20.4. The highest BCUT2D eigenvalue weighted by Gasteiger charge is 2.56. The molecular formula is C25H28F3N7O. The van der Waals surface area contributed by atoms with Gasteiger partial charge in [-0.3, -0.25) is 9.20 Å². The van der Waals surface area contributed by atoms with E-state index in [-0.39, 0.29) is 17.5 Å². The van der Waals surface area contributed by atoms with Crippen LogP contribution in [0.25, 0.3) is 5.78 Å². The number of nitrogen functional groups attached to an aromatic ring is 1. The summed E-state index contributed by atoms with van der Waals surface area (Å²) in [4.78, 5) is 20.0. The third kappa shape index (κ3) is 3.58. The Balaban J connectivity index is 1.33. The third-order valence-electron chi connectivity index (χ3n) is 8.19. The molecule has 2 bridgehead atoms. The van der Waals surface area contributed by atoms with Crippen molar-refractivity contribution >= 4 is 23.2 Å². The molecule has 7 rings (SSSR count). The van der Waals surface area contributed by atoms with Gasteiger partial charge in [0, 0.05) is 17.2 Å². The number of fused-ring (bicyclic) bond motifs is 4. The lowest BCUT2D eigenvalue weighted by molar-refractivity contribution is -0.138. The van der Waals surface area contributed by atoms with Gasteiger partial charge in [-0.2, -0.15) is 18.2 Å². The van der Waals surface area contributed by atoms with Crippen LogP contribution in [0.1, 0.15) is 67.4 Å². The number of carbonyl (C=O) groups excluding carboxylic acids is 1. The van der Waals surface area contributed by atoms with Gasteiger partial charge in [0.05, 0.1) is 30.4 Å². The summed E-state index contributed by atoms with van der Waals surface area (Å²) in [7, 11) is 0. The van der Waals surface area contributed by atoms with Gasteiger partial charge in [-0.05, 0) is 68.2 Å². The molecule has 3 aromatic rings. The van der Waals surface area contributed by atoms with Crippen LogP contribution < -0.4 is 11.1 Å². The molecule has 1 aromatic carbocycles. The number of nitrogens with one attached hydrogen (secondary N) is 1. The number of rotatable bonds is 4. The van der Waals surface area contributed by atoms with Gasteiger partial charge in [-0.25, -0.2) is 0 Å². The summed E-state index contributed by atoms with van der Waals surface area (Å²) < 4.78 is 41.9. The second-order valence-corrected chi connectivity index (χ2v) is 11.0. The molecule has 2 aromatic heterocycles. The zero-order valence-electron chi connectivity index (χ0n) is 20.4. The maximum Gasteiger partial charge on any atom is 0.416 e. The van der Waals surface area contributed by atoms with Crippen molar-refractivity contribution in [3.05, 3.63) is 46.4 Å². The summed E-state index contributed by atoms with van der Waals surface area (Å²) in [6.45, 7) is 6.65. The van der Waals surface area contributed by atoms with Crippen LogP contribution in [0, 0.1) is 24.2 Å². The third-order valence-corrected chi connectivity index (χ3v) is 8.19. The summed E-state index contributed by atoms with van der Waals surface area (Å²) in [6, 6.07) is 3.02. The molecule has 1 aliphatic heterocycles. The van der Waals surface area contributed by atoms with Gasteiger partial charge in [0.2, 0.25) is 5.91 Å². The fourth-order valence-corrected chi connectivity index (χ4v) is 6.47. The SMILES string of the molecule is Cc1nnc2nc(N[C@H](C)c3cc(N)cc(C(F)(F)F)c3)c3c(n12)CN(C(=O)C1CC2(C)CC1C2)C3. The number of aryl methyl sites for hydroxylation is 1. The van der Waals surface area contributed by atoms with Crippen LogP contribution >= 0.6 is 0 Å². The van der Waals surface area contributed by atoms with E-state index in [1.807, 2.05) is 16.2 Å².